The molecule has 4 rings (SSSR count). The first-order valence-corrected chi connectivity index (χ1v) is 9.62. The zero-order chi connectivity index (χ0) is 18.6. The van der Waals surface area contributed by atoms with E-state index >= 15 is 0 Å². The van der Waals surface area contributed by atoms with Gasteiger partial charge in [0, 0.05) is 25.1 Å². The van der Waals surface area contributed by atoms with E-state index in [9.17, 15) is 9.90 Å². The number of hydrogen-bond donors (Lipinski definition) is 1. The molecule has 0 bridgehead atoms. The molecule has 2 aliphatic rings. The summed E-state index contributed by atoms with van der Waals surface area (Å²) >= 11 is 0. The van der Waals surface area contributed by atoms with E-state index < -0.39 is 5.97 Å². The highest BCUT2D eigenvalue weighted by Crippen LogP contribution is 2.39. The fourth-order valence-electron chi connectivity index (χ4n) is 3.97. The van der Waals surface area contributed by atoms with Gasteiger partial charge in [-0.1, -0.05) is 36.4 Å². The zero-order valence-corrected chi connectivity index (χ0v) is 16.6. The van der Waals surface area contributed by atoms with Crippen molar-refractivity contribution < 1.29 is 19.4 Å². The first-order chi connectivity index (χ1) is 13.2. The van der Waals surface area contributed by atoms with Gasteiger partial charge in [0.2, 0.25) is 0 Å². The number of carbonyl (C=O) groups is 1. The number of ether oxygens (including phenoxy) is 2. The van der Waals surface area contributed by atoms with Crippen LogP contribution in [0.4, 0.5) is 0 Å². The molecule has 0 radical (unpaired) electrons. The third-order valence-corrected chi connectivity index (χ3v) is 5.45. The number of carboxylic acids is 1. The normalized spacial score (nSPS) is 21.4. The molecule has 2 heterocycles. The number of para-hydroxylation sites is 2. The predicted octanol–water partition coefficient (Wildman–Crippen LogP) is 4.31. The minimum Gasteiger partial charge on any atom is -0.481 e. The molecule has 28 heavy (non-hydrogen) atoms. The number of fused-ring (bicyclic) bond motifs is 2. The van der Waals surface area contributed by atoms with Crippen molar-refractivity contribution in [1.82, 2.24) is 4.90 Å². The fourth-order valence-corrected chi connectivity index (χ4v) is 3.97. The first kappa shape index (κ1) is 20.6. The van der Waals surface area contributed by atoms with Gasteiger partial charge < -0.3 is 19.5 Å². The lowest BCUT2D eigenvalue weighted by atomic mass is 9.98. The molecule has 0 aliphatic carbocycles. The second kappa shape index (κ2) is 9.41. The highest BCUT2D eigenvalue weighted by Gasteiger charge is 2.26. The lowest BCUT2D eigenvalue weighted by Crippen LogP contribution is -2.40. The summed E-state index contributed by atoms with van der Waals surface area (Å²) in [6.45, 7) is 2.89. The summed E-state index contributed by atoms with van der Waals surface area (Å²) in [5, 5.41) is 9.25. The minimum absolute atomic E-state index is 0. The van der Waals surface area contributed by atoms with Crippen LogP contribution in [0.1, 0.15) is 30.1 Å². The third kappa shape index (κ3) is 4.66. The monoisotopic (exact) mass is 403 g/mol. The number of rotatable bonds is 5. The van der Waals surface area contributed by atoms with Crippen molar-refractivity contribution >= 4 is 18.4 Å². The molecule has 0 spiro atoms. The minimum atomic E-state index is -0.688. The molecule has 0 saturated carbocycles. The number of carboxylic acid groups (broad SMARTS) is 1. The van der Waals surface area contributed by atoms with Crippen LogP contribution in [-0.2, 0) is 16.0 Å². The molecule has 6 heteroatoms. The highest BCUT2D eigenvalue weighted by atomic mass is 35.5. The lowest BCUT2D eigenvalue weighted by Gasteiger charge is -2.31. The summed E-state index contributed by atoms with van der Waals surface area (Å²) < 4.78 is 12.4. The number of benzene rings is 2. The van der Waals surface area contributed by atoms with Crippen molar-refractivity contribution in [3.8, 4) is 11.5 Å². The maximum absolute atomic E-state index is 11.2. The Bertz CT molecular complexity index is 813. The van der Waals surface area contributed by atoms with Crippen molar-refractivity contribution in [3.05, 3.63) is 59.7 Å². The van der Waals surface area contributed by atoms with Crippen LogP contribution < -0.4 is 4.74 Å². The molecule has 5 nitrogen and oxygen atoms in total. The second-order valence-corrected chi connectivity index (χ2v) is 7.29. The Kier molecular flexibility index (Phi) is 6.94. The standard InChI is InChI=1S/C22H25NO4.ClH/c24-22(25)17-7-5-11-23(15-17)12-13-26-21-14-16-6-1-3-9-19(16)27-20-10-4-2-8-18(20)21;/h1-4,6,8-10,17,21H,5,7,11-15H2,(H,24,25);1H/t17?,21-;/m1./s1. The quantitative estimate of drug-likeness (QED) is 0.806. The Morgan fingerprint density at radius 1 is 1.14 bits per heavy atom. The number of hydrogen-bond acceptors (Lipinski definition) is 4. The van der Waals surface area contributed by atoms with Gasteiger partial charge in [0.05, 0.1) is 18.6 Å². The number of nitrogens with zero attached hydrogens (tertiary/aromatic N) is 1. The van der Waals surface area contributed by atoms with Crippen molar-refractivity contribution in [2.45, 2.75) is 25.4 Å². The van der Waals surface area contributed by atoms with Gasteiger partial charge in [0.25, 0.3) is 0 Å². The average molecular weight is 404 g/mol. The SMILES string of the molecule is Cl.O=C(O)C1CCCN(CCO[C@@H]2Cc3ccccc3Oc3ccccc32)C1. The highest BCUT2D eigenvalue weighted by molar-refractivity contribution is 5.85. The molecule has 2 aliphatic heterocycles. The van der Waals surface area contributed by atoms with Crippen LogP contribution in [0.5, 0.6) is 11.5 Å². The topological polar surface area (TPSA) is 59.0 Å². The van der Waals surface area contributed by atoms with E-state index in [-0.39, 0.29) is 24.4 Å². The van der Waals surface area contributed by atoms with Crippen molar-refractivity contribution in [3.63, 3.8) is 0 Å². The van der Waals surface area contributed by atoms with Gasteiger partial charge in [-0.05, 0) is 37.1 Å². The van der Waals surface area contributed by atoms with E-state index in [4.69, 9.17) is 9.47 Å². The van der Waals surface area contributed by atoms with Gasteiger partial charge in [-0.3, -0.25) is 4.79 Å². The van der Waals surface area contributed by atoms with Gasteiger partial charge in [0.1, 0.15) is 11.5 Å². The Balaban J connectivity index is 0.00000225. The molecule has 1 unspecified atom stereocenters. The first-order valence-electron chi connectivity index (χ1n) is 9.62. The van der Waals surface area contributed by atoms with E-state index in [0.29, 0.717) is 13.2 Å². The average Bonchev–Trinajstić information content (AvgIpc) is 2.85. The van der Waals surface area contributed by atoms with Crippen LogP contribution >= 0.6 is 12.4 Å². The molecule has 2 atom stereocenters. The van der Waals surface area contributed by atoms with Crippen LogP contribution in [0.3, 0.4) is 0 Å². The van der Waals surface area contributed by atoms with Gasteiger partial charge in [-0.15, -0.1) is 12.4 Å². The van der Waals surface area contributed by atoms with Crippen LogP contribution in [0, 0.1) is 5.92 Å². The zero-order valence-electron chi connectivity index (χ0n) is 15.8. The number of halogens is 1. The van der Waals surface area contributed by atoms with Crippen LogP contribution in [0.15, 0.2) is 48.5 Å². The van der Waals surface area contributed by atoms with E-state index in [0.717, 1.165) is 55.0 Å². The summed E-state index contributed by atoms with van der Waals surface area (Å²) in [5.41, 5.74) is 2.21. The predicted molar refractivity (Wildman–Crippen MR) is 109 cm³/mol. The van der Waals surface area contributed by atoms with E-state index in [1.54, 1.807) is 0 Å². The van der Waals surface area contributed by atoms with Crippen molar-refractivity contribution in [2.75, 3.05) is 26.2 Å². The number of aliphatic carboxylic acids is 1. The van der Waals surface area contributed by atoms with Gasteiger partial charge in [-0.2, -0.15) is 0 Å². The Morgan fingerprint density at radius 3 is 2.71 bits per heavy atom. The largest absolute Gasteiger partial charge is 0.481 e. The van der Waals surface area contributed by atoms with Crippen molar-refractivity contribution in [2.24, 2.45) is 5.92 Å². The second-order valence-electron chi connectivity index (χ2n) is 7.29. The number of piperidine rings is 1. The Hall–Kier alpha value is -2.08. The smallest absolute Gasteiger partial charge is 0.307 e. The van der Waals surface area contributed by atoms with Gasteiger partial charge in [-0.25, -0.2) is 0 Å². The summed E-state index contributed by atoms with van der Waals surface area (Å²) in [4.78, 5) is 13.4. The molecule has 1 N–H and O–H groups in total. The van der Waals surface area contributed by atoms with E-state index in [1.165, 1.54) is 0 Å². The maximum atomic E-state index is 11.2. The fraction of sp³-hybridized carbons (Fsp3) is 0.409. The van der Waals surface area contributed by atoms with Gasteiger partial charge >= 0.3 is 5.97 Å². The lowest BCUT2D eigenvalue weighted by molar-refractivity contribution is -0.143. The summed E-state index contributed by atoms with van der Waals surface area (Å²) in [6, 6.07) is 16.1. The molecule has 2 aromatic rings. The molecule has 2 aromatic carbocycles. The third-order valence-electron chi connectivity index (χ3n) is 5.45. The molecule has 0 amide bonds. The summed E-state index contributed by atoms with van der Waals surface area (Å²) in [6.07, 6.45) is 2.41. The molecule has 1 fully saturated rings. The molecular formula is C22H26ClNO4. The van der Waals surface area contributed by atoms with Gasteiger partial charge in [0.15, 0.2) is 0 Å². The van der Waals surface area contributed by atoms with Crippen LogP contribution in [0.2, 0.25) is 0 Å². The van der Waals surface area contributed by atoms with Crippen LogP contribution in [-0.4, -0.2) is 42.2 Å². The van der Waals surface area contributed by atoms with E-state index in [1.807, 2.05) is 36.4 Å². The molecule has 150 valence electrons. The molecule has 0 aromatic heterocycles. The summed E-state index contributed by atoms with van der Waals surface area (Å²) in [7, 11) is 0. The molecular weight excluding hydrogens is 378 g/mol. The van der Waals surface area contributed by atoms with E-state index in [2.05, 4.69) is 17.0 Å². The molecule has 1 saturated heterocycles. The number of likely N-dealkylation sites (tertiary alicyclic amines) is 1. The van der Waals surface area contributed by atoms with Crippen LogP contribution in [0.25, 0.3) is 0 Å². The Morgan fingerprint density at radius 2 is 1.89 bits per heavy atom. The van der Waals surface area contributed by atoms with Crippen molar-refractivity contribution in [1.29, 1.82) is 0 Å². The Labute approximate surface area is 171 Å². The summed E-state index contributed by atoms with van der Waals surface area (Å²) in [5.74, 6) is 0.789. The maximum Gasteiger partial charge on any atom is 0.307 e.